The molecule has 50 heavy (non-hydrogen) atoms. The maximum Gasteiger partial charge on any atom is -0.0253 e. The summed E-state index contributed by atoms with van der Waals surface area (Å²) in [6.45, 7) is 17.6. The smallest absolute Gasteiger partial charge is 0.0253 e. The molecule has 0 N–H and O–H groups in total. The first kappa shape index (κ1) is 44.9. The first-order valence-electron chi connectivity index (χ1n) is 16.7. The van der Waals surface area contributed by atoms with Crippen molar-refractivity contribution in [3.8, 4) is 11.1 Å². The molecule has 0 spiro atoms. The SMILES string of the molecule is CC(C)(C)c1cc[c-]cc1.CC(C)(C)c1cc[c-]cc1.CC1=[C-]C(C)C=C1c1ccccc1.Cl.Cl.[CH2]=[Zr].[c-]1cccc2c1Cc1ccccc1-2. The van der Waals surface area contributed by atoms with E-state index in [-0.39, 0.29) is 35.6 Å². The van der Waals surface area contributed by atoms with Crippen LogP contribution in [0.5, 0.6) is 0 Å². The summed E-state index contributed by atoms with van der Waals surface area (Å²) in [6.07, 6.45) is 6.71. The molecule has 5 aromatic carbocycles. The molecule has 0 saturated carbocycles. The molecule has 5 aromatic rings. The fourth-order valence-electron chi connectivity index (χ4n) is 5.54. The Kier molecular flexibility index (Phi) is 19.8. The third-order valence-corrected chi connectivity index (χ3v) is 8.13. The Morgan fingerprint density at radius 1 is 0.620 bits per heavy atom. The van der Waals surface area contributed by atoms with Crippen LogP contribution in [-0.4, -0.2) is 4.21 Å². The monoisotopic (exact) mass is 776 g/mol. The Balaban J connectivity index is 0.000000326. The summed E-state index contributed by atoms with van der Waals surface area (Å²) in [7, 11) is 0. The number of hydrogen-bond acceptors (Lipinski definition) is 0. The molecular weight excluding hydrogens is 727 g/mol. The topological polar surface area (TPSA) is 0 Å². The van der Waals surface area contributed by atoms with E-state index in [0.29, 0.717) is 5.92 Å². The maximum atomic E-state index is 3.39. The number of halogens is 2. The Bertz CT molecular complexity index is 1650. The van der Waals surface area contributed by atoms with E-state index in [1.807, 2.05) is 36.4 Å². The normalized spacial score (nSPS) is 13.4. The molecule has 0 bridgehead atoms. The van der Waals surface area contributed by atoms with Gasteiger partial charge in [0.25, 0.3) is 0 Å². The van der Waals surface area contributed by atoms with E-state index in [1.54, 1.807) is 0 Å². The van der Waals surface area contributed by atoms with Gasteiger partial charge in [-0.2, -0.15) is 113 Å². The van der Waals surface area contributed by atoms with Gasteiger partial charge in [-0.1, -0.05) is 127 Å². The summed E-state index contributed by atoms with van der Waals surface area (Å²) in [5.41, 5.74) is 12.7. The van der Waals surface area contributed by atoms with E-state index in [0.717, 1.165) is 6.42 Å². The zero-order chi connectivity index (χ0) is 35.2. The molecule has 0 heterocycles. The minimum absolute atomic E-state index is 0. The summed E-state index contributed by atoms with van der Waals surface area (Å²) in [5, 5.41) is 0. The molecular formula is C47H52Cl2Zr-4. The fraction of sp³-hybridized carbons (Fsp3) is 0.255. The Morgan fingerprint density at radius 3 is 1.56 bits per heavy atom. The van der Waals surface area contributed by atoms with Crippen LogP contribution in [0.1, 0.15) is 83.2 Å². The second-order valence-corrected chi connectivity index (χ2v) is 14.0. The molecule has 0 amide bonds. The Morgan fingerprint density at radius 2 is 1.10 bits per heavy atom. The summed E-state index contributed by atoms with van der Waals surface area (Å²) < 4.78 is 3.34. The second kappa shape index (κ2) is 22.0. The molecule has 2 aliphatic rings. The minimum Gasteiger partial charge on any atom is -0.179 e. The number of fused-ring (bicyclic) bond motifs is 3. The molecule has 7 rings (SSSR count). The van der Waals surface area contributed by atoms with Gasteiger partial charge in [0, 0.05) is 0 Å². The first-order valence-corrected chi connectivity index (χ1v) is 18.4. The molecule has 0 aromatic heterocycles. The molecule has 1 unspecified atom stereocenters. The summed E-state index contributed by atoms with van der Waals surface area (Å²) in [5.74, 6) is 0.468. The van der Waals surface area contributed by atoms with Crippen LogP contribution in [0.4, 0.5) is 0 Å². The summed E-state index contributed by atoms with van der Waals surface area (Å²) in [4.78, 5) is 0. The van der Waals surface area contributed by atoms with Crippen LogP contribution < -0.4 is 0 Å². The van der Waals surface area contributed by atoms with Gasteiger partial charge in [0.05, 0.1) is 0 Å². The summed E-state index contributed by atoms with van der Waals surface area (Å²) in [6, 6.07) is 50.9. The molecule has 0 saturated heterocycles. The van der Waals surface area contributed by atoms with Crippen LogP contribution in [0.2, 0.25) is 0 Å². The predicted molar refractivity (Wildman–Crippen MR) is 219 cm³/mol. The van der Waals surface area contributed by atoms with Crippen molar-refractivity contribution in [3.05, 3.63) is 185 Å². The van der Waals surface area contributed by atoms with E-state index >= 15 is 0 Å². The number of benzene rings is 5. The molecule has 0 radical (unpaired) electrons. The number of allylic oxidation sites excluding steroid dienone is 4. The van der Waals surface area contributed by atoms with Gasteiger partial charge in [-0.05, 0) is 17.3 Å². The van der Waals surface area contributed by atoms with Gasteiger partial charge in [-0.25, -0.2) is 5.57 Å². The molecule has 0 fully saturated rings. The Hall–Kier alpha value is -3.09. The fourth-order valence-corrected chi connectivity index (χ4v) is 5.54. The zero-order valence-electron chi connectivity index (χ0n) is 30.9. The van der Waals surface area contributed by atoms with Crippen molar-refractivity contribution >= 4 is 34.6 Å². The van der Waals surface area contributed by atoms with Gasteiger partial charge in [0.2, 0.25) is 0 Å². The molecule has 2 aliphatic carbocycles. The van der Waals surface area contributed by atoms with Crippen LogP contribution >= 0.6 is 24.8 Å². The molecule has 0 nitrogen and oxygen atoms in total. The van der Waals surface area contributed by atoms with Crippen molar-refractivity contribution in [1.82, 2.24) is 0 Å². The standard InChI is InChI=1S/C13H9.C13H13.2C10H13.CH2.2ClH.Zr/c1-3-7-12-10(5-1)9-11-6-2-4-8-13(11)12;1-10-8-11(2)13(9-10)12-6-4-3-5-7-12;2*1-10(2,3)9-7-5-4-6-8-9;;;;/h1-5,7-8H,9H2;3-7,9-10H,1-2H3;2*5-8H,1-3H3;1H2;2*1H;/q4*-1;;;;. The van der Waals surface area contributed by atoms with Crippen molar-refractivity contribution in [2.45, 2.75) is 72.6 Å². The maximum absolute atomic E-state index is 3.39. The van der Waals surface area contributed by atoms with Gasteiger partial charge >= 0.3 is 28.4 Å². The van der Waals surface area contributed by atoms with Crippen LogP contribution in [0.15, 0.2) is 133 Å². The first-order chi connectivity index (χ1) is 22.9. The van der Waals surface area contributed by atoms with Crippen molar-refractivity contribution in [2.24, 2.45) is 5.92 Å². The predicted octanol–water partition coefficient (Wildman–Crippen LogP) is 12.9. The van der Waals surface area contributed by atoms with Crippen LogP contribution in [0.3, 0.4) is 0 Å². The average Bonchev–Trinajstić information content (AvgIpc) is 3.65. The van der Waals surface area contributed by atoms with E-state index < -0.39 is 0 Å². The molecule has 1 atom stereocenters. The van der Waals surface area contributed by atoms with Crippen molar-refractivity contribution in [1.29, 1.82) is 0 Å². The largest absolute Gasteiger partial charge is 0.179 e. The quantitative estimate of drug-likeness (QED) is 0.146. The summed E-state index contributed by atoms with van der Waals surface area (Å²) >= 11 is 1.30. The molecule has 0 aliphatic heterocycles. The average molecular weight is 779 g/mol. The van der Waals surface area contributed by atoms with E-state index in [1.165, 1.54) is 74.3 Å². The van der Waals surface area contributed by atoms with Crippen molar-refractivity contribution < 1.29 is 24.2 Å². The zero-order valence-corrected chi connectivity index (χ0v) is 35.0. The van der Waals surface area contributed by atoms with Gasteiger partial charge in [-0.3, -0.25) is 6.08 Å². The van der Waals surface area contributed by atoms with E-state index in [4.69, 9.17) is 0 Å². The third-order valence-electron chi connectivity index (χ3n) is 8.13. The third kappa shape index (κ3) is 13.9. The van der Waals surface area contributed by atoms with Crippen molar-refractivity contribution in [2.75, 3.05) is 0 Å². The van der Waals surface area contributed by atoms with Crippen LogP contribution in [0.25, 0.3) is 16.7 Å². The van der Waals surface area contributed by atoms with Gasteiger partial charge < -0.3 is 0 Å². The van der Waals surface area contributed by atoms with Gasteiger partial charge in [-0.15, -0.1) is 35.9 Å². The van der Waals surface area contributed by atoms with E-state index in [2.05, 4.69) is 175 Å². The van der Waals surface area contributed by atoms with Crippen LogP contribution in [-0.2, 0) is 41.5 Å². The number of rotatable bonds is 1. The molecule has 262 valence electrons. The minimum atomic E-state index is 0. The van der Waals surface area contributed by atoms with Gasteiger partial charge in [0.15, 0.2) is 0 Å². The second-order valence-electron chi connectivity index (χ2n) is 14.0. The van der Waals surface area contributed by atoms with Gasteiger partial charge in [0.1, 0.15) is 0 Å². The van der Waals surface area contributed by atoms with Crippen LogP contribution in [0, 0.1) is 30.2 Å². The van der Waals surface area contributed by atoms with Crippen molar-refractivity contribution in [3.63, 3.8) is 0 Å². The molecule has 3 heteroatoms. The number of hydrogen-bond donors (Lipinski definition) is 0. The van der Waals surface area contributed by atoms with E-state index in [9.17, 15) is 0 Å². The Labute approximate surface area is 331 Å².